The fourth-order valence-corrected chi connectivity index (χ4v) is 2.63. The molecule has 0 bridgehead atoms. The average molecular weight is 198 g/mol. The molecule has 0 atom stereocenters. The quantitative estimate of drug-likeness (QED) is 0.610. The van der Waals surface area contributed by atoms with Gasteiger partial charge in [0.15, 0.2) is 0 Å². The Bertz CT molecular complexity index is 88.8. The maximum absolute atomic E-state index is 12.0. The van der Waals surface area contributed by atoms with E-state index in [1.807, 2.05) is 0 Å². The van der Waals surface area contributed by atoms with Crippen LogP contribution in [0.25, 0.3) is 0 Å². The lowest BCUT2D eigenvalue weighted by molar-refractivity contribution is 0.736. The van der Waals surface area contributed by atoms with Gasteiger partial charge in [-0.15, -0.1) is 0 Å². The second-order valence-corrected chi connectivity index (χ2v) is 6.47. The lowest BCUT2D eigenvalue weighted by atomic mass is 11.0. The second-order valence-electron chi connectivity index (χ2n) is 2.16. The van der Waals surface area contributed by atoms with Crippen LogP contribution in [-0.2, 0) is 0 Å². The van der Waals surface area contributed by atoms with Gasteiger partial charge < -0.3 is 0 Å². The van der Waals surface area contributed by atoms with Gasteiger partial charge in [0.05, 0.1) is 21.6 Å². The van der Waals surface area contributed by atoms with Crippen molar-refractivity contribution in [2.24, 2.45) is 0 Å². The van der Waals surface area contributed by atoms with E-state index in [1.165, 1.54) is 0 Å². The minimum absolute atomic E-state index is 0.633. The first-order valence-electron chi connectivity index (χ1n) is 2.51. The predicted octanol–water partition coefficient (Wildman–Crippen LogP) is 3.39. The van der Waals surface area contributed by atoms with Crippen molar-refractivity contribution in [3.05, 3.63) is 0 Å². The highest BCUT2D eigenvalue weighted by molar-refractivity contribution is 8.28. The van der Waals surface area contributed by atoms with E-state index in [1.54, 1.807) is 0 Å². The van der Waals surface area contributed by atoms with Crippen LogP contribution in [0.2, 0.25) is 0 Å². The zero-order valence-corrected chi connectivity index (χ0v) is 7.38. The van der Waals surface area contributed by atoms with Gasteiger partial charge in [-0.25, -0.2) is 0 Å². The molecule has 0 saturated heterocycles. The van der Waals surface area contributed by atoms with Gasteiger partial charge in [0.25, 0.3) is 0 Å². The lowest BCUT2D eigenvalue weighted by Crippen LogP contribution is -2.00. The summed E-state index contributed by atoms with van der Waals surface area (Å²) in [4.78, 5) is 0. The molecule has 0 N–H and O–H groups in total. The summed E-state index contributed by atoms with van der Waals surface area (Å²) in [5.41, 5.74) is 0. The Morgan fingerprint density at radius 3 is 1.10 bits per heavy atom. The molecular weight excluding hydrogens is 188 g/mol. The van der Waals surface area contributed by atoms with Crippen LogP contribution in [0.15, 0.2) is 0 Å². The van der Waals surface area contributed by atoms with Crippen LogP contribution in [0.5, 0.6) is 0 Å². The van der Waals surface area contributed by atoms with Crippen molar-refractivity contribution in [2.45, 2.75) is 0 Å². The summed E-state index contributed by atoms with van der Waals surface area (Å²) in [6.07, 6.45) is 1.47. The Morgan fingerprint density at radius 2 is 1.00 bits per heavy atom. The molecule has 0 fully saturated rings. The van der Waals surface area contributed by atoms with Crippen LogP contribution in [0.3, 0.4) is 0 Å². The molecule has 0 nitrogen and oxygen atoms in total. The summed E-state index contributed by atoms with van der Waals surface area (Å²) in [5.74, 6) is -1.27. The monoisotopic (exact) mass is 198 g/mol. The van der Waals surface area contributed by atoms with Crippen LogP contribution in [0.4, 0.5) is 15.5 Å². The first-order chi connectivity index (χ1) is 4.21. The van der Waals surface area contributed by atoms with Gasteiger partial charge in [0.2, 0.25) is 0 Å². The van der Waals surface area contributed by atoms with Crippen molar-refractivity contribution in [1.29, 1.82) is 0 Å². The summed E-state index contributed by atoms with van der Waals surface area (Å²) in [7, 11) is -7.43. The molecule has 0 saturated carbocycles. The van der Waals surface area contributed by atoms with Crippen molar-refractivity contribution < 1.29 is 15.5 Å². The summed E-state index contributed by atoms with van der Waals surface area (Å²) in [6.45, 7) is 0. The molecule has 0 amide bonds. The fourth-order valence-electron chi connectivity index (χ4n) is 0.293. The molecule has 6 heteroatoms. The molecule has 0 spiro atoms. The maximum atomic E-state index is 12.0. The molecular formula is C4H10F4S2. The van der Waals surface area contributed by atoms with Crippen molar-refractivity contribution in [1.82, 2.24) is 0 Å². The Kier molecular flexibility index (Phi) is 3.35. The molecule has 0 aromatic heterocycles. The van der Waals surface area contributed by atoms with E-state index < -0.39 is 33.1 Å². The first-order valence-corrected chi connectivity index (χ1v) is 6.53. The summed E-state index contributed by atoms with van der Waals surface area (Å²) in [6, 6.07) is 0. The normalized spacial score (nSPS) is 17.0. The van der Waals surface area contributed by atoms with E-state index in [-0.39, 0.29) is 0 Å². The van der Waals surface area contributed by atoms with Crippen molar-refractivity contribution in [3.63, 3.8) is 0 Å². The van der Waals surface area contributed by atoms with Crippen LogP contribution < -0.4 is 0 Å². The molecule has 0 aliphatic carbocycles. The summed E-state index contributed by atoms with van der Waals surface area (Å²) >= 11 is 0. The molecule has 0 radical (unpaired) electrons. The zero-order valence-electron chi connectivity index (χ0n) is 5.74. The van der Waals surface area contributed by atoms with Gasteiger partial charge >= 0.3 is 0 Å². The molecule has 66 valence electrons. The van der Waals surface area contributed by atoms with E-state index in [0.717, 1.165) is 12.5 Å². The van der Waals surface area contributed by atoms with E-state index >= 15 is 0 Å². The molecule has 0 unspecified atom stereocenters. The molecule has 0 rings (SSSR count). The first kappa shape index (κ1) is 10.4. The summed E-state index contributed by atoms with van der Waals surface area (Å²) < 4.78 is 48.1. The van der Waals surface area contributed by atoms with E-state index in [9.17, 15) is 15.5 Å². The highest BCUT2D eigenvalue weighted by Gasteiger charge is 2.22. The lowest BCUT2D eigenvalue weighted by Gasteiger charge is -2.19. The zero-order chi connectivity index (χ0) is 8.41. The standard InChI is InChI=1S/C4H10F4S2/c1-9(5,6)3-4-10(2,7)8/h3-4H2,1-2H3. The van der Waals surface area contributed by atoms with Crippen molar-refractivity contribution in [2.75, 3.05) is 24.0 Å². The van der Waals surface area contributed by atoms with Gasteiger partial charge in [-0.1, -0.05) is 0 Å². The van der Waals surface area contributed by atoms with Gasteiger partial charge in [0.1, 0.15) is 0 Å². The Balaban J connectivity index is 3.56. The Labute approximate surface area is 61.8 Å². The van der Waals surface area contributed by atoms with Gasteiger partial charge in [-0.2, -0.15) is 15.5 Å². The van der Waals surface area contributed by atoms with Gasteiger partial charge in [-0.3, -0.25) is 0 Å². The highest BCUT2D eigenvalue weighted by Crippen LogP contribution is 2.54. The topological polar surface area (TPSA) is 0 Å². The molecule has 0 aliphatic rings. The van der Waals surface area contributed by atoms with E-state index in [4.69, 9.17) is 0 Å². The molecule has 0 aromatic carbocycles. The van der Waals surface area contributed by atoms with Crippen LogP contribution in [0, 0.1) is 0 Å². The van der Waals surface area contributed by atoms with Crippen LogP contribution in [-0.4, -0.2) is 24.0 Å². The maximum Gasteiger partial charge on any atom is 0.0553 e. The third-order valence-corrected chi connectivity index (χ3v) is 2.90. The molecule has 0 heterocycles. The average Bonchev–Trinajstić information content (AvgIpc) is 1.57. The molecule has 0 aromatic rings. The molecule has 10 heavy (non-hydrogen) atoms. The van der Waals surface area contributed by atoms with Crippen molar-refractivity contribution >= 4 is 21.6 Å². The van der Waals surface area contributed by atoms with Crippen LogP contribution >= 0.6 is 21.6 Å². The fraction of sp³-hybridized carbons (Fsp3) is 1.00. The smallest absolute Gasteiger partial charge is 0.0553 e. The minimum Gasteiger partial charge on any atom is -0.158 e. The Hall–Kier alpha value is 0.420. The third-order valence-electron chi connectivity index (χ3n) is 0.800. The minimum atomic E-state index is -3.72. The van der Waals surface area contributed by atoms with E-state index in [0.29, 0.717) is 0 Å². The van der Waals surface area contributed by atoms with Gasteiger partial charge in [-0.05, 0) is 0 Å². The van der Waals surface area contributed by atoms with Gasteiger partial charge in [0, 0.05) is 24.0 Å². The van der Waals surface area contributed by atoms with Crippen LogP contribution in [0.1, 0.15) is 0 Å². The predicted molar refractivity (Wildman–Crippen MR) is 41.2 cm³/mol. The number of hydrogen-bond donors (Lipinski definition) is 0. The SMILES string of the molecule is CS(F)(F)CCS(C)(F)F. The number of rotatable bonds is 3. The summed E-state index contributed by atoms with van der Waals surface area (Å²) in [5, 5.41) is 0. The second kappa shape index (κ2) is 3.21. The largest absolute Gasteiger partial charge is 0.158 e. The molecule has 0 aliphatic heterocycles. The van der Waals surface area contributed by atoms with Crippen molar-refractivity contribution in [3.8, 4) is 0 Å². The Morgan fingerprint density at radius 1 is 0.800 bits per heavy atom. The van der Waals surface area contributed by atoms with E-state index in [2.05, 4.69) is 0 Å². The number of hydrogen-bond acceptors (Lipinski definition) is 0. The highest BCUT2D eigenvalue weighted by atomic mass is 32.3. The third kappa shape index (κ3) is 8.42. The number of halogens is 4.